The zero-order chi connectivity index (χ0) is 16.1. The Bertz CT molecular complexity index is 650. The van der Waals surface area contributed by atoms with Crippen LogP contribution in [0.15, 0.2) is 53.4 Å². The quantitative estimate of drug-likeness (QED) is 0.513. The van der Waals surface area contributed by atoms with Crippen LogP contribution in [0, 0.1) is 5.41 Å². The largest absolute Gasteiger partial charge is 0.384 e. The summed E-state index contributed by atoms with van der Waals surface area (Å²) in [5.74, 6) is -0.0237. The fourth-order valence-electron chi connectivity index (χ4n) is 1.76. The van der Waals surface area contributed by atoms with Crippen molar-refractivity contribution in [2.75, 3.05) is 16.9 Å². The highest BCUT2D eigenvalue weighted by atomic mass is 32.2. The van der Waals surface area contributed by atoms with Crippen LogP contribution in [-0.2, 0) is 10.8 Å². The summed E-state index contributed by atoms with van der Waals surface area (Å²) in [4.78, 5) is 12.6. The standard InChI is InChI=1S/C15H16N4O2S/c1-22(21)13-8-6-12(7-9-13)19-15(20)18-11-4-2-10(3-5-11)14(16)17/h2-9H,1H3,(H3,16,17)(H2,18,19,20). The van der Waals surface area contributed by atoms with Crippen LogP contribution in [0.4, 0.5) is 16.2 Å². The van der Waals surface area contributed by atoms with Gasteiger partial charge in [-0.2, -0.15) is 0 Å². The third-order valence-corrected chi connectivity index (χ3v) is 3.83. The number of nitrogens with two attached hydrogens (primary N) is 1. The minimum absolute atomic E-state index is 0.0237. The van der Waals surface area contributed by atoms with Crippen molar-refractivity contribution in [3.05, 3.63) is 54.1 Å². The molecule has 6 nitrogen and oxygen atoms in total. The van der Waals surface area contributed by atoms with Gasteiger partial charge in [0.15, 0.2) is 0 Å². The van der Waals surface area contributed by atoms with Crippen LogP contribution in [0.2, 0.25) is 0 Å². The first-order chi connectivity index (χ1) is 10.5. The van der Waals surface area contributed by atoms with Crippen molar-refractivity contribution in [1.29, 1.82) is 5.41 Å². The summed E-state index contributed by atoms with van der Waals surface area (Å²) < 4.78 is 11.3. The van der Waals surface area contributed by atoms with E-state index in [1.54, 1.807) is 54.8 Å². The molecule has 0 fully saturated rings. The SMILES string of the molecule is CS(=O)c1ccc(NC(=O)Nc2ccc(C(=N)N)cc2)cc1. The van der Waals surface area contributed by atoms with Gasteiger partial charge in [0, 0.05) is 38.9 Å². The normalized spacial score (nSPS) is 11.5. The highest BCUT2D eigenvalue weighted by Gasteiger charge is 2.04. The molecule has 2 rings (SSSR count). The number of benzene rings is 2. The summed E-state index contributed by atoms with van der Waals surface area (Å²) in [6.07, 6.45) is 1.60. The third kappa shape index (κ3) is 4.16. The number of nitrogens with one attached hydrogen (secondary N) is 3. The summed E-state index contributed by atoms with van der Waals surface area (Å²) in [6.45, 7) is 0. The van der Waals surface area contributed by atoms with E-state index in [0.29, 0.717) is 21.8 Å². The molecule has 0 aromatic heterocycles. The predicted octanol–water partition coefficient (Wildman–Crippen LogP) is 2.35. The van der Waals surface area contributed by atoms with Crippen molar-refractivity contribution >= 4 is 34.0 Å². The fraction of sp³-hybridized carbons (Fsp3) is 0.0667. The summed E-state index contributed by atoms with van der Waals surface area (Å²) >= 11 is 0. The van der Waals surface area contributed by atoms with E-state index in [4.69, 9.17) is 11.1 Å². The predicted molar refractivity (Wildman–Crippen MR) is 88.9 cm³/mol. The number of carbonyl (C=O) groups is 1. The molecule has 5 N–H and O–H groups in total. The van der Waals surface area contributed by atoms with E-state index in [-0.39, 0.29) is 11.9 Å². The van der Waals surface area contributed by atoms with Crippen LogP contribution in [0.3, 0.4) is 0 Å². The molecule has 0 radical (unpaired) electrons. The van der Waals surface area contributed by atoms with Crippen LogP contribution in [0.5, 0.6) is 0 Å². The lowest BCUT2D eigenvalue weighted by atomic mass is 10.2. The maximum absolute atomic E-state index is 11.9. The van der Waals surface area contributed by atoms with Gasteiger partial charge in [-0.05, 0) is 48.5 Å². The van der Waals surface area contributed by atoms with Gasteiger partial charge in [-0.25, -0.2) is 4.79 Å². The van der Waals surface area contributed by atoms with Crippen LogP contribution in [0.25, 0.3) is 0 Å². The zero-order valence-corrected chi connectivity index (χ0v) is 12.7. The topological polar surface area (TPSA) is 108 Å². The van der Waals surface area contributed by atoms with Gasteiger partial charge in [0.1, 0.15) is 5.84 Å². The highest BCUT2D eigenvalue weighted by molar-refractivity contribution is 7.84. The number of nitrogen functional groups attached to an aromatic ring is 1. The second-order valence-electron chi connectivity index (χ2n) is 4.55. The molecule has 0 spiro atoms. The Hall–Kier alpha value is -2.67. The first kappa shape index (κ1) is 15.7. The van der Waals surface area contributed by atoms with Gasteiger partial charge < -0.3 is 16.4 Å². The van der Waals surface area contributed by atoms with Crippen molar-refractivity contribution < 1.29 is 9.00 Å². The molecule has 0 saturated carbocycles. The summed E-state index contributed by atoms with van der Waals surface area (Å²) in [7, 11) is -1.04. The first-order valence-electron chi connectivity index (χ1n) is 6.41. The van der Waals surface area contributed by atoms with Gasteiger partial charge in [0.2, 0.25) is 0 Å². The fourth-order valence-corrected chi connectivity index (χ4v) is 2.28. The summed E-state index contributed by atoms with van der Waals surface area (Å²) in [5, 5.41) is 12.7. The van der Waals surface area contributed by atoms with E-state index in [1.807, 2.05) is 0 Å². The number of hydrogen-bond donors (Lipinski definition) is 4. The molecule has 7 heteroatoms. The zero-order valence-electron chi connectivity index (χ0n) is 11.9. The molecular formula is C15H16N4O2S. The van der Waals surface area contributed by atoms with E-state index in [0.717, 1.165) is 0 Å². The number of anilines is 2. The van der Waals surface area contributed by atoms with Crippen molar-refractivity contribution in [2.45, 2.75) is 4.90 Å². The van der Waals surface area contributed by atoms with Crippen LogP contribution >= 0.6 is 0 Å². The number of urea groups is 1. The molecule has 0 aliphatic heterocycles. The number of amides is 2. The Labute approximate surface area is 130 Å². The molecule has 0 saturated heterocycles. The molecule has 114 valence electrons. The number of carbonyl (C=O) groups excluding carboxylic acids is 1. The lowest BCUT2D eigenvalue weighted by molar-refractivity contribution is 0.262. The van der Waals surface area contributed by atoms with E-state index in [9.17, 15) is 9.00 Å². The smallest absolute Gasteiger partial charge is 0.323 e. The van der Waals surface area contributed by atoms with Gasteiger partial charge >= 0.3 is 6.03 Å². The molecule has 0 heterocycles. The van der Waals surface area contributed by atoms with Gasteiger partial charge in [-0.1, -0.05) is 0 Å². The lowest BCUT2D eigenvalue weighted by Crippen LogP contribution is -2.19. The van der Waals surface area contributed by atoms with Crippen molar-refractivity contribution in [3.63, 3.8) is 0 Å². The van der Waals surface area contributed by atoms with Gasteiger partial charge in [-0.3, -0.25) is 9.62 Å². The minimum Gasteiger partial charge on any atom is -0.384 e. The van der Waals surface area contributed by atoms with E-state index < -0.39 is 10.8 Å². The Kier molecular flexibility index (Phi) is 4.90. The number of rotatable bonds is 4. The monoisotopic (exact) mass is 316 g/mol. The molecule has 2 amide bonds. The summed E-state index contributed by atoms with van der Waals surface area (Å²) in [6, 6.07) is 13.0. The highest BCUT2D eigenvalue weighted by Crippen LogP contribution is 2.13. The Morgan fingerprint density at radius 3 is 1.86 bits per heavy atom. The maximum atomic E-state index is 11.9. The first-order valence-corrected chi connectivity index (χ1v) is 7.97. The average molecular weight is 316 g/mol. The van der Waals surface area contributed by atoms with Gasteiger partial charge in [0.05, 0.1) is 0 Å². The molecule has 0 bridgehead atoms. The molecule has 1 unspecified atom stereocenters. The molecule has 0 aliphatic rings. The Balaban J connectivity index is 1.97. The molecule has 2 aromatic carbocycles. The minimum atomic E-state index is -1.04. The molecular weight excluding hydrogens is 300 g/mol. The van der Waals surface area contributed by atoms with Crippen LogP contribution in [0.1, 0.15) is 5.56 Å². The van der Waals surface area contributed by atoms with Gasteiger partial charge in [0.25, 0.3) is 0 Å². The second-order valence-corrected chi connectivity index (χ2v) is 5.93. The van der Waals surface area contributed by atoms with Crippen molar-refractivity contribution in [2.24, 2.45) is 5.73 Å². The number of amidine groups is 1. The van der Waals surface area contributed by atoms with E-state index >= 15 is 0 Å². The van der Waals surface area contributed by atoms with E-state index in [1.165, 1.54) is 0 Å². The van der Waals surface area contributed by atoms with Gasteiger partial charge in [-0.15, -0.1) is 0 Å². The van der Waals surface area contributed by atoms with Crippen molar-refractivity contribution in [1.82, 2.24) is 0 Å². The van der Waals surface area contributed by atoms with Crippen molar-refractivity contribution in [3.8, 4) is 0 Å². The lowest BCUT2D eigenvalue weighted by Gasteiger charge is -2.08. The molecule has 1 atom stereocenters. The number of hydrogen-bond acceptors (Lipinski definition) is 3. The summed E-state index contributed by atoms with van der Waals surface area (Å²) in [5.41, 5.74) is 7.15. The van der Waals surface area contributed by atoms with Crippen LogP contribution in [-0.4, -0.2) is 22.3 Å². The van der Waals surface area contributed by atoms with E-state index in [2.05, 4.69) is 10.6 Å². The molecule has 22 heavy (non-hydrogen) atoms. The third-order valence-electron chi connectivity index (χ3n) is 2.90. The Morgan fingerprint density at radius 1 is 1.00 bits per heavy atom. The second kappa shape index (κ2) is 6.86. The molecule has 2 aromatic rings. The van der Waals surface area contributed by atoms with Crippen LogP contribution < -0.4 is 16.4 Å². The Morgan fingerprint density at radius 2 is 1.45 bits per heavy atom. The maximum Gasteiger partial charge on any atom is 0.323 e. The average Bonchev–Trinajstić information content (AvgIpc) is 2.48. The molecule has 0 aliphatic carbocycles.